The summed E-state index contributed by atoms with van der Waals surface area (Å²) in [6.07, 6.45) is 32.8. The van der Waals surface area contributed by atoms with Crippen molar-refractivity contribution in [3.8, 4) is 69.0 Å². The number of anilines is 2. The van der Waals surface area contributed by atoms with Gasteiger partial charge >= 0.3 is 63.8 Å². The second-order valence-corrected chi connectivity index (χ2v) is 52.1. The molecule has 0 aliphatic heterocycles. The second-order valence-electron chi connectivity index (χ2n) is 33.9. The maximum atomic E-state index is 12.9. The van der Waals surface area contributed by atoms with Crippen LogP contribution in [-0.2, 0) is 18.9 Å². The number of nitrogens with one attached hydrogen (secondary N) is 1. The van der Waals surface area contributed by atoms with Crippen molar-refractivity contribution in [2.45, 2.75) is 240 Å². The van der Waals surface area contributed by atoms with Crippen LogP contribution in [0.4, 0.5) is 11.4 Å². The van der Waals surface area contributed by atoms with Gasteiger partial charge in [-0.05, 0) is 288 Å². The summed E-state index contributed by atoms with van der Waals surface area (Å²) in [5, 5.41) is 82.2. The fourth-order valence-corrected chi connectivity index (χ4v) is 17.2. The number of benzene rings is 8. The minimum atomic E-state index is -1.22. The molecule has 7 fully saturated rings. The van der Waals surface area contributed by atoms with Gasteiger partial charge in [-0.25, -0.2) is 33.6 Å². The average Bonchev–Trinajstić information content (AvgIpc) is 1.79. The molecule has 0 aromatic heterocycles. The van der Waals surface area contributed by atoms with Gasteiger partial charge in [0.05, 0.1) is 141 Å². The Kier molecular flexibility index (Phi) is 62.0. The first-order chi connectivity index (χ1) is 67.8. The number of esters is 4. The normalized spacial score (nSPS) is 14.6. The number of nitrogens with two attached hydrogens (primary N) is 1. The molecule has 7 aliphatic rings. The SMILES string of the molecule is BrB(Br)Br.CO.COC(=O)c1cc(Cl)c(OC2CCCC2)c(OC2CCCC2)c1.COC(=O)c1cc(O)c(O)c(Cl)c1.COC(=O)c1ccc(N)cc1.COC(=O)c1ccc(NC(=O)c2cc(Cl)c(OC3CCCC3)c(OC3CCCC3)c2)cc1.COc1cc(C(=O)O)cc(Cl)c1O.C[Si](C)(C)Cl.IC1CCCC1.O=C(O)c1cc(Cl)c(OC2CCCC2)c(OC2CCCC2)c1.O=C(O)c1cc(O)c(O)c(Cl)c1.[Li+].[OH-]. The predicted molar refractivity (Wildman–Crippen MR) is 580 cm³/mol. The number of hydrogen-bond acceptors (Lipinski definition) is 27. The number of methoxy groups -OCH3 is 5. The van der Waals surface area contributed by atoms with Gasteiger partial charge in [0.1, 0.15) is 7.38 Å². The summed E-state index contributed by atoms with van der Waals surface area (Å²) >= 11 is 53.2. The Bertz CT molecular complexity index is 5370. The fraction of sp³-hybridized carbons (Fsp3) is 0.440. The summed E-state index contributed by atoms with van der Waals surface area (Å²) in [6, 6.07) is 29.3. The van der Waals surface area contributed by atoms with Crippen molar-refractivity contribution in [2.24, 2.45) is 0 Å². The number of hydrogen-bond donors (Lipinski definition) is 11. The Morgan fingerprint density at radius 3 is 0.876 bits per heavy atom. The summed E-state index contributed by atoms with van der Waals surface area (Å²) in [4.78, 5) is 90.3. The van der Waals surface area contributed by atoms with Gasteiger partial charge in [0, 0.05) is 28.0 Å². The molecule has 0 saturated heterocycles. The van der Waals surface area contributed by atoms with Crippen molar-refractivity contribution in [1.82, 2.24) is 0 Å². The van der Waals surface area contributed by atoms with E-state index in [-0.39, 0.29) is 125 Å². The van der Waals surface area contributed by atoms with Gasteiger partial charge in [0.15, 0.2) is 69.0 Å². The van der Waals surface area contributed by atoms with E-state index in [0.29, 0.717) is 83.2 Å². The van der Waals surface area contributed by atoms with Gasteiger partial charge in [-0.15, -0.1) is 47.3 Å². The van der Waals surface area contributed by atoms with Crippen LogP contribution in [0.15, 0.2) is 121 Å². The number of carboxylic acids is 3. The number of aromatic carboxylic acids is 3. The Balaban J connectivity index is 0.000000433. The molecule has 792 valence electrons. The molecule has 0 bridgehead atoms. The molecule has 0 atom stereocenters. The molecule has 8 aromatic carbocycles. The quantitative estimate of drug-likeness (QED) is 0.00439. The third-order valence-corrected chi connectivity index (χ3v) is 24.9. The molecule has 7 saturated carbocycles. The number of aliphatic hydroxyl groups is 1. The van der Waals surface area contributed by atoms with Crippen molar-refractivity contribution in [1.29, 1.82) is 0 Å². The number of nitrogen functional groups attached to an aromatic ring is 1. The van der Waals surface area contributed by atoms with Crippen LogP contribution in [0.1, 0.15) is 263 Å². The summed E-state index contributed by atoms with van der Waals surface area (Å²) in [6.45, 7) is 6.28. The van der Waals surface area contributed by atoms with E-state index in [1.807, 2.05) is 0 Å². The third kappa shape index (κ3) is 47.3. The summed E-state index contributed by atoms with van der Waals surface area (Å²) < 4.78 is 61.1. The molecular formula is C100H123BBr3Cl7ILiN2O29Si. The molecule has 7 aliphatic carbocycles. The molecule has 15 rings (SSSR count). The Morgan fingerprint density at radius 1 is 0.359 bits per heavy atom. The molecule has 8 aromatic rings. The van der Waals surface area contributed by atoms with Crippen molar-refractivity contribution in [2.75, 3.05) is 53.7 Å². The van der Waals surface area contributed by atoms with E-state index in [2.05, 4.69) is 104 Å². The molecule has 0 heterocycles. The molecule has 1 amide bonds. The van der Waals surface area contributed by atoms with Crippen LogP contribution in [-0.4, -0.2) is 193 Å². The van der Waals surface area contributed by atoms with Crippen molar-refractivity contribution < 1.29 is 161 Å². The number of phenolic OH excluding ortho intramolecular Hbond substituents is 5. The molecule has 45 heteroatoms. The van der Waals surface area contributed by atoms with Crippen molar-refractivity contribution >= 4 is 220 Å². The number of alkyl halides is 1. The molecule has 13 N–H and O–H groups in total. The Morgan fingerprint density at radius 2 is 0.586 bits per heavy atom. The number of carbonyl (C=O) groups is 8. The van der Waals surface area contributed by atoms with Crippen LogP contribution < -0.4 is 63.1 Å². The van der Waals surface area contributed by atoms with E-state index in [0.717, 1.165) is 164 Å². The van der Waals surface area contributed by atoms with Crippen LogP contribution in [0, 0.1) is 0 Å². The number of halogens is 11. The van der Waals surface area contributed by atoms with E-state index in [9.17, 15) is 48.6 Å². The van der Waals surface area contributed by atoms with Gasteiger partial charge < -0.3 is 115 Å². The van der Waals surface area contributed by atoms with Gasteiger partial charge in [-0.1, -0.05) is 125 Å². The number of aromatic hydroxyl groups is 5. The van der Waals surface area contributed by atoms with Gasteiger partial charge in [0.2, 0.25) is 0 Å². The van der Waals surface area contributed by atoms with E-state index in [1.165, 1.54) is 111 Å². The number of carbonyl (C=O) groups excluding carboxylic acids is 5. The van der Waals surface area contributed by atoms with Gasteiger partial charge in [0.25, 0.3) is 5.91 Å². The molecule has 0 radical (unpaired) electrons. The Labute approximate surface area is 931 Å². The molecule has 0 unspecified atom stereocenters. The zero-order valence-corrected chi connectivity index (χ0v) is 95.1. The minimum absolute atomic E-state index is 0. The van der Waals surface area contributed by atoms with Crippen LogP contribution >= 0.6 is 151 Å². The standard InChI is InChI=1S/C25H28ClNO5.C18H23ClO4.C17H21ClO4.2C8H7ClO4.C8H9NO2.C7H5ClO4.C5H9I.C3H9ClSi.CH4O.BBr3.Li.H2O/c1-30-25(29)16-10-12-18(13-11-16)27-24(28)17-14-21(26)23(32-20-8-4-5-9-20)22(15-17)31-19-6-2-3-7-19;1-21-18(20)12-10-15(19)17(23-14-8-4-5-9-14)16(11-12)22-13-6-2-3-7-13;18-14-9-11(17(19)20)10-15(21-12-5-1-2-6-12)16(14)22-13-7-3-4-8-13;1-13-6-3-4(8(11)12)2-5(9)7(6)10;1-13-8(12)4-2-5(9)7(11)6(10)3-4;1-11-8(10)6-2-4-7(9)5-3-6;8-4-1-3(7(11)12)2-5(9)6(4)10;6-5-3-1-2-4-5;1-5(2,3)4;1-2;2-1(3)4;;/h10-15,19-20H,2-9H2,1H3,(H,27,28);10-11,13-14H,2-9H2,1H3;9-10,12-13H,1-8H2,(H,19,20);2-3,10H,1H3,(H,11,12);2-3,10-11H,1H3;2-5H,9H2,1H3;1-2,9-10H,(H,11,12);5H,1-4H2;1-3H3;2H,1H3;;;1H2/q;;;;;;;;;;;+1;/p-1. The van der Waals surface area contributed by atoms with Gasteiger partial charge in [-0.2, -0.15) is 11.1 Å². The smallest absolute Gasteiger partial charge is 0.870 e. The predicted octanol–water partition coefficient (Wildman–Crippen LogP) is 24.3. The number of phenols is 5. The third-order valence-electron chi connectivity index (χ3n) is 21.9. The van der Waals surface area contributed by atoms with Crippen LogP contribution in [0.2, 0.25) is 49.8 Å². The first-order valence-electron chi connectivity index (χ1n) is 45.8. The molecular weight excluding hydrogens is 2350 g/mol. The van der Waals surface area contributed by atoms with Crippen LogP contribution in [0.25, 0.3) is 0 Å². The Hall–Kier alpha value is -8.08. The second kappa shape index (κ2) is 68.6. The first-order valence-corrected chi connectivity index (χ1v) is 56.6. The van der Waals surface area contributed by atoms with Crippen LogP contribution in [0.5, 0.6) is 69.0 Å². The fourth-order valence-electron chi connectivity index (χ4n) is 14.9. The molecule has 0 spiro atoms. The number of carboxylic acid groups (broad SMARTS) is 3. The zero-order valence-electron chi connectivity index (χ0n) is 81.9. The number of amides is 1. The monoisotopic (exact) mass is 2470 g/mol. The topological polar surface area (TPSA) is 488 Å². The minimum Gasteiger partial charge on any atom is -0.870 e. The summed E-state index contributed by atoms with van der Waals surface area (Å²) in [5.74, 6) is -4.47. The number of rotatable bonds is 22. The number of aliphatic hydroxyl groups excluding tert-OH is 1. The van der Waals surface area contributed by atoms with E-state index < -0.39 is 66.2 Å². The van der Waals surface area contributed by atoms with E-state index >= 15 is 0 Å². The largest absolute Gasteiger partial charge is 1.00 e. The molecule has 145 heavy (non-hydrogen) atoms. The maximum absolute atomic E-state index is 12.9. The average molecular weight is 2480 g/mol. The first kappa shape index (κ1) is 131. The van der Waals surface area contributed by atoms with Crippen molar-refractivity contribution in [3.63, 3.8) is 0 Å². The summed E-state index contributed by atoms with van der Waals surface area (Å²) in [7, 11) is 6.42. The molecule has 31 nitrogen and oxygen atoms in total. The number of ether oxygens (including phenoxy) is 11. The van der Waals surface area contributed by atoms with Gasteiger partial charge in [-0.3, -0.25) is 4.79 Å². The van der Waals surface area contributed by atoms with E-state index in [1.54, 1.807) is 72.8 Å². The maximum Gasteiger partial charge on any atom is 1.00 e. The van der Waals surface area contributed by atoms with E-state index in [4.69, 9.17) is 165 Å². The summed E-state index contributed by atoms with van der Waals surface area (Å²) in [5.41, 5.74) is 8.34. The zero-order chi connectivity index (χ0) is 106. The van der Waals surface area contributed by atoms with Crippen LogP contribution in [0.3, 0.4) is 0 Å². The van der Waals surface area contributed by atoms with Crippen molar-refractivity contribution in [3.05, 3.63) is 196 Å².